The summed E-state index contributed by atoms with van der Waals surface area (Å²) >= 11 is 1.33. The lowest BCUT2D eigenvalue weighted by Crippen LogP contribution is -2.26. The van der Waals surface area contributed by atoms with Crippen LogP contribution in [0.5, 0.6) is 0 Å². The van der Waals surface area contributed by atoms with Crippen molar-refractivity contribution in [2.75, 3.05) is 5.32 Å². The van der Waals surface area contributed by atoms with E-state index in [-0.39, 0.29) is 18.0 Å². The predicted molar refractivity (Wildman–Crippen MR) is 68.6 cm³/mol. The Morgan fingerprint density at radius 1 is 1.44 bits per heavy atom. The highest BCUT2D eigenvalue weighted by molar-refractivity contribution is 7.15. The number of carbonyl (C=O) groups excluding carboxylic acids is 1. The van der Waals surface area contributed by atoms with Gasteiger partial charge in [-0.15, -0.1) is 10.2 Å². The number of amides is 1. The first-order valence-corrected chi connectivity index (χ1v) is 6.28. The molecule has 0 aliphatic carbocycles. The molecular weight excluding hydrogens is 252 g/mol. The zero-order chi connectivity index (χ0) is 13.0. The fourth-order valence-corrected chi connectivity index (χ4v) is 2.05. The third kappa shape index (κ3) is 3.01. The van der Waals surface area contributed by atoms with Gasteiger partial charge in [0.1, 0.15) is 11.6 Å². The number of nitrogens with one attached hydrogen (secondary N) is 1. The van der Waals surface area contributed by atoms with Gasteiger partial charge in [-0.3, -0.25) is 14.9 Å². The van der Waals surface area contributed by atoms with E-state index >= 15 is 0 Å². The van der Waals surface area contributed by atoms with Gasteiger partial charge in [-0.1, -0.05) is 24.3 Å². The second-order valence-corrected chi connectivity index (χ2v) is 4.63. The number of rotatable bonds is 4. The van der Waals surface area contributed by atoms with Gasteiger partial charge in [0.05, 0.1) is 0 Å². The zero-order valence-electron chi connectivity index (χ0n) is 9.79. The Hall–Kier alpha value is -2.02. The highest BCUT2D eigenvalue weighted by Gasteiger charge is 2.08. The number of anilines is 1. The summed E-state index contributed by atoms with van der Waals surface area (Å²) in [4.78, 5) is 23.1. The van der Waals surface area contributed by atoms with Gasteiger partial charge < -0.3 is 4.57 Å². The molecule has 0 saturated heterocycles. The fourth-order valence-electron chi connectivity index (χ4n) is 1.35. The van der Waals surface area contributed by atoms with Gasteiger partial charge in [0.2, 0.25) is 11.0 Å². The van der Waals surface area contributed by atoms with Gasteiger partial charge in [0, 0.05) is 12.3 Å². The van der Waals surface area contributed by atoms with Crippen LogP contribution in [0.2, 0.25) is 0 Å². The summed E-state index contributed by atoms with van der Waals surface area (Å²) in [5, 5.41) is 11.7. The molecule has 1 amide bonds. The topological polar surface area (TPSA) is 76.9 Å². The molecule has 0 radical (unpaired) electrons. The van der Waals surface area contributed by atoms with E-state index in [1.807, 2.05) is 6.92 Å². The van der Waals surface area contributed by atoms with Crippen LogP contribution in [0, 0.1) is 0 Å². The lowest BCUT2D eigenvalue weighted by atomic mass is 10.4. The van der Waals surface area contributed by atoms with Crippen molar-refractivity contribution in [2.45, 2.75) is 19.9 Å². The van der Waals surface area contributed by atoms with Crippen LogP contribution in [0.4, 0.5) is 5.13 Å². The van der Waals surface area contributed by atoms with E-state index in [9.17, 15) is 9.59 Å². The van der Waals surface area contributed by atoms with Crippen LogP contribution in [0.15, 0.2) is 29.2 Å². The molecule has 0 aromatic carbocycles. The van der Waals surface area contributed by atoms with Gasteiger partial charge in [-0.25, -0.2) is 0 Å². The van der Waals surface area contributed by atoms with Crippen LogP contribution in [0.1, 0.15) is 11.9 Å². The van der Waals surface area contributed by atoms with E-state index in [1.165, 1.54) is 22.0 Å². The molecule has 1 N–H and O–H groups in total. The molecule has 0 spiro atoms. The number of carbonyl (C=O) groups is 1. The Morgan fingerprint density at radius 3 is 2.94 bits per heavy atom. The minimum atomic E-state index is -0.290. The van der Waals surface area contributed by atoms with Crippen molar-refractivity contribution in [1.29, 1.82) is 0 Å². The quantitative estimate of drug-likeness (QED) is 0.890. The second kappa shape index (κ2) is 5.54. The standard InChI is InChI=1S/C11H12N4O2S/c1-2-9-13-14-11(18-9)12-8(16)7-15-6-4-3-5-10(15)17/h3-6H,2,7H2,1H3,(H,12,14,16). The van der Waals surface area contributed by atoms with E-state index in [2.05, 4.69) is 15.5 Å². The number of nitrogens with zero attached hydrogens (tertiary/aromatic N) is 3. The molecule has 0 unspecified atom stereocenters. The number of aryl methyl sites for hydroxylation is 1. The predicted octanol–water partition coefficient (Wildman–Crippen LogP) is 0.901. The summed E-state index contributed by atoms with van der Waals surface area (Å²) in [5.41, 5.74) is -0.209. The molecule has 2 heterocycles. The Kier molecular flexibility index (Phi) is 3.83. The third-order valence-corrected chi connectivity index (χ3v) is 3.21. The van der Waals surface area contributed by atoms with Crippen molar-refractivity contribution < 1.29 is 4.79 Å². The van der Waals surface area contributed by atoms with Gasteiger partial charge in [-0.2, -0.15) is 0 Å². The van der Waals surface area contributed by atoms with E-state index in [0.717, 1.165) is 11.4 Å². The van der Waals surface area contributed by atoms with Crippen LogP contribution in [-0.4, -0.2) is 20.7 Å². The number of hydrogen-bond donors (Lipinski definition) is 1. The van der Waals surface area contributed by atoms with E-state index in [0.29, 0.717) is 5.13 Å². The van der Waals surface area contributed by atoms with Gasteiger partial charge in [0.15, 0.2) is 0 Å². The molecule has 18 heavy (non-hydrogen) atoms. The summed E-state index contributed by atoms with van der Waals surface area (Å²) in [5.74, 6) is -0.290. The Morgan fingerprint density at radius 2 is 2.28 bits per heavy atom. The Balaban J connectivity index is 2.01. The SMILES string of the molecule is CCc1nnc(NC(=O)Cn2ccccc2=O)s1. The lowest BCUT2D eigenvalue weighted by molar-refractivity contribution is -0.116. The molecule has 0 saturated carbocycles. The molecule has 0 fully saturated rings. The van der Waals surface area contributed by atoms with Crippen molar-refractivity contribution in [2.24, 2.45) is 0 Å². The van der Waals surface area contributed by atoms with Crippen LogP contribution < -0.4 is 10.9 Å². The Labute approximate surface area is 107 Å². The highest BCUT2D eigenvalue weighted by Crippen LogP contribution is 2.15. The summed E-state index contributed by atoms with van der Waals surface area (Å²) in [7, 11) is 0. The monoisotopic (exact) mass is 264 g/mol. The number of aromatic nitrogens is 3. The lowest BCUT2D eigenvalue weighted by Gasteiger charge is -2.03. The summed E-state index contributed by atoms with van der Waals surface area (Å²) in [6.07, 6.45) is 2.35. The maximum atomic E-state index is 11.7. The van der Waals surface area contributed by atoms with Crippen molar-refractivity contribution in [3.05, 3.63) is 39.8 Å². The van der Waals surface area contributed by atoms with E-state index < -0.39 is 0 Å². The van der Waals surface area contributed by atoms with Gasteiger partial charge in [0.25, 0.3) is 5.56 Å². The Bertz CT molecular complexity index is 605. The highest BCUT2D eigenvalue weighted by atomic mass is 32.1. The number of hydrogen-bond acceptors (Lipinski definition) is 5. The third-order valence-electron chi connectivity index (χ3n) is 2.23. The second-order valence-electron chi connectivity index (χ2n) is 3.57. The average Bonchev–Trinajstić information content (AvgIpc) is 2.80. The minimum absolute atomic E-state index is 0.0271. The molecule has 0 bridgehead atoms. The van der Waals surface area contributed by atoms with E-state index in [4.69, 9.17) is 0 Å². The molecule has 0 aliphatic rings. The molecule has 0 atom stereocenters. The molecule has 0 aliphatic heterocycles. The van der Waals surface area contributed by atoms with Crippen LogP contribution in [0.25, 0.3) is 0 Å². The van der Waals surface area contributed by atoms with Crippen molar-refractivity contribution >= 4 is 22.4 Å². The number of pyridine rings is 1. The molecule has 6 nitrogen and oxygen atoms in total. The smallest absolute Gasteiger partial charge is 0.250 e. The first kappa shape index (κ1) is 12.4. The molecule has 2 aromatic rings. The average molecular weight is 264 g/mol. The molecule has 2 aromatic heterocycles. The largest absolute Gasteiger partial charge is 0.306 e. The first-order valence-electron chi connectivity index (χ1n) is 5.46. The molecule has 7 heteroatoms. The van der Waals surface area contributed by atoms with Crippen LogP contribution in [-0.2, 0) is 17.8 Å². The summed E-state index contributed by atoms with van der Waals surface area (Å²) in [6, 6.07) is 4.75. The van der Waals surface area contributed by atoms with Crippen LogP contribution >= 0.6 is 11.3 Å². The maximum absolute atomic E-state index is 11.7. The molecule has 94 valence electrons. The summed E-state index contributed by atoms with van der Waals surface area (Å²) < 4.78 is 1.33. The molecule has 2 rings (SSSR count). The van der Waals surface area contributed by atoms with Gasteiger partial charge >= 0.3 is 0 Å². The molecular formula is C11H12N4O2S. The summed E-state index contributed by atoms with van der Waals surface area (Å²) in [6.45, 7) is 1.94. The maximum Gasteiger partial charge on any atom is 0.250 e. The van der Waals surface area contributed by atoms with Crippen molar-refractivity contribution in [1.82, 2.24) is 14.8 Å². The minimum Gasteiger partial charge on any atom is -0.306 e. The normalized spacial score (nSPS) is 10.3. The fraction of sp³-hybridized carbons (Fsp3) is 0.273. The van der Waals surface area contributed by atoms with Gasteiger partial charge in [-0.05, 0) is 12.5 Å². The van der Waals surface area contributed by atoms with Crippen molar-refractivity contribution in [3.8, 4) is 0 Å². The van der Waals surface area contributed by atoms with E-state index in [1.54, 1.807) is 18.3 Å². The zero-order valence-corrected chi connectivity index (χ0v) is 10.6. The van der Waals surface area contributed by atoms with Crippen LogP contribution in [0.3, 0.4) is 0 Å². The van der Waals surface area contributed by atoms with Crippen molar-refractivity contribution in [3.63, 3.8) is 0 Å². The first-order chi connectivity index (χ1) is 8.69.